The van der Waals surface area contributed by atoms with Crippen LogP contribution < -0.4 is 0 Å². The third-order valence-corrected chi connectivity index (χ3v) is 4.68. The number of unbranched alkanes of at least 4 members (excludes halogenated alkanes) is 6. The van der Waals surface area contributed by atoms with E-state index >= 15 is 0 Å². The summed E-state index contributed by atoms with van der Waals surface area (Å²) in [7, 11) is 1.38. The molecule has 4 nitrogen and oxygen atoms in total. The molecule has 0 bridgehead atoms. The molecule has 0 aromatic carbocycles. The molecular formula is C15H27NO3S. The maximum absolute atomic E-state index is 12.1. The van der Waals surface area contributed by atoms with Crippen LogP contribution in [0.5, 0.6) is 0 Å². The van der Waals surface area contributed by atoms with E-state index in [9.17, 15) is 9.59 Å². The topological polar surface area (TPSA) is 46.6 Å². The van der Waals surface area contributed by atoms with Crippen molar-refractivity contribution in [2.75, 3.05) is 18.7 Å². The van der Waals surface area contributed by atoms with Gasteiger partial charge in [-0.1, -0.05) is 45.4 Å². The van der Waals surface area contributed by atoms with Crippen LogP contribution in [0.15, 0.2) is 0 Å². The lowest BCUT2D eigenvalue weighted by Gasteiger charge is -2.21. The van der Waals surface area contributed by atoms with Crippen molar-refractivity contribution in [1.29, 1.82) is 0 Å². The molecule has 0 unspecified atom stereocenters. The molecule has 20 heavy (non-hydrogen) atoms. The SMILES string of the molecule is CCCCCCCCCC(=O)N1CSC[C@H]1C(=O)OC. The largest absolute Gasteiger partial charge is 0.467 e. The van der Waals surface area contributed by atoms with Crippen molar-refractivity contribution < 1.29 is 14.3 Å². The number of carbonyl (C=O) groups is 2. The average Bonchev–Trinajstić information content (AvgIpc) is 2.94. The van der Waals surface area contributed by atoms with Gasteiger partial charge in [0.05, 0.1) is 13.0 Å². The fourth-order valence-electron chi connectivity index (χ4n) is 2.40. The van der Waals surface area contributed by atoms with Gasteiger partial charge in [0.25, 0.3) is 0 Å². The Balaban J connectivity index is 2.17. The third-order valence-electron chi connectivity index (χ3n) is 3.67. The summed E-state index contributed by atoms with van der Waals surface area (Å²) < 4.78 is 4.75. The second-order valence-corrected chi connectivity index (χ2v) is 6.27. The second kappa shape index (κ2) is 10.1. The molecule has 1 rings (SSSR count). The number of amides is 1. The highest BCUT2D eigenvalue weighted by atomic mass is 32.2. The lowest BCUT2D eigenvalue weighted by atomic mass is 10.1. The van der Waals surface area contributed by atoms with Crippen molar-refractivity contribution >= 4 is 23.6 Å². The van der Waals surface area contributed by atoms with E-state index in [0.29, 0.717) is 18.1 Å². The number of hydrogen-bond donors (Lipinski definition) is 0. The normalized spacial score (nSPS) is 18.3. The molecule has 0 aromatic heterocycles. The van der Waals surface area contributed by atoms with E-state index in [0.717, 1.165) is 12.8 Å². The Kier molecular flexibility index (Phi) is 8.74. The van der Waals surface area contributed by atoms with Gasteiger partial charge in [-0.05, 0) is 6.42 Å². The summed E-state index contributed by atoms with van der Waals surface area (Å²) in [4.78, 5) is 25.4. The smallest absolute Gasteiger partial charge is 0.329 e. The van der Waals surface area contributed by atoms with Crippen molar-refractivity contribution in [2.45, 2.75) is 64.3 Å². The lowest BCUT2D eigenvalue weighted by Crippen LogP contribution is -2.42. The number of thioether (sulfide) groups is 1. The fourth-order valence-corrected chi connectivity index (χ4v) is 3.56. The van der Waals surface area contributed by atoms with E-state index < -0.39 is 0 Å². The van der Waals surface area contributed by atoms with Gasteiger partial charge < -0.3 is 9.64 Å². The molecule has 116 valence electrons. The highest BCUT2D eigenvalue weighted by Crippen LogP contribution is 2.23. The first kappa shape index (κ1) is 17.3. The standard InChI is InChI=1S/C15H27NO3S/c1-3-4-5-6-7-8-9-10-14(17)16-12-20-11-13(16)15(18)19-2/h13H,3-12H2,1-2H3/t13-/m0/s1. The van der Waals surface area contributed by atoms with Gasteiger partial charge in [0.1, 0.15) is 6.04 Å². The van der Waals surface area contributed by atoms with Gasteiger partial charge >= 0.3 is 5.97 Å². The van der Waals surface area contributed by atoms with Crippen molar-refractivity contribution in [3.05, 3.63) is 0 Å². The first-order valence-electron chi connectivity index (χ1n) is 7.65. The molecule has 1 saturated heterocycles. The summed E-state index contributed by atoms with van der Waals surface area (Å²) in [5.74, 6) is 1.09. The van der Waals surface area contributed by atoms with Crippen LogP contribution in [0.25, 0.3) is 0 Å². The highest BCUT2D eigenvalue weighted by Gasteiger charge is 2.34. The number of carbonyl (C=O) groups excluding carboxylic acids is 2. The molecular weight excluding hydrogens is 274 g/mol. The summed E-state index contributed by atoms with van der Waals surface area (Å²) in [6, 6.07) is -0.373. The summed E-state index contributed by atoms with van der Waals surface area (Å²) in [6.07, 6.45) is 8.96. The van der Waals surface area contributed by atoms with E-state index in [4.69, 9.17) is 4.74 Å². The van der Waals surface area contributed by atoms with Crippen LogP contribution in [0, 0.1) is 0 Å². The molecule has 1 fully saturated rings. The number of esters is 1. The first-order chi connectivity index (χ1) is 9.70. The van der Waals surface area contributed by atoms with Crippen LogP contribution >= 0.6 is 11.8 Å². The second-order valence-electron chi connectivity index (χ2n) is 5.27. The third kappa shape index (κ3) is 5.73. The number of ether oxygens (including phenoxy) is 1. The van der Waals surface area contributed by atoms with E-state index in [2.05, 4.69) is 6.92 Å². The predicted molar refractivity (Wildman–Crippen MR) is 82.6 cm³/mol. The Morgan fingerprint density at radius 2 is 1.80 bits per heavy atom. The molecule has 1 amide bonds. The van der Waals surface area contributed by atoms with Gasteiger partial charge in [-0.3, -0.25) is 4.79 Å². The van der Waals surface area contributed by atoms with E-state index in [1.165, 1.54) is 39.2 Å². The minimum absolute atomic E-state index is 0.0963. The minimum Gasteiger partial charge on any atom is -0.467 e. The van der Waals surface area contributed by atoms with Crippen molar-refractivity contribution in [1.82, 2.24) is 4.90 Å². The summed E-state index contributed by atoms with van der Waals surface area (Å²) >= 11 is 1.62. The zero-order valence-corrected chi connectivity index (χ0v) is 13.5. The summed E-state index contributed by atoms with van der Waals surface area (Å²) in [5.41, 5.74) is 0. The maximum atomic E-state index is 12.1. The summed E-state index contributed by atoms with van der Waals surface area (Å²) in [6.45, 7) is 2.21. The van der Waals surface area contributed by atoms with Gasteiger partial charge in [-0.25, -0.2) is 4.79 Å². The van der Waals surface area contributed by atoms with Crippen molar-refractivity contribution in [3.8, 4) is 0 Å². The Hall–Kier alpha value is -0.710. The van der Waals surface area contributed by atoms with Gasteiger partial charge in [0.2, 0.25) is 5.91 Å². The van der Waals surface area contributed by atoms with Gasteiger partial charge in [-0.2, -0.15) is 0 Å². The molecule has 1 heterocycles. The van der Waals surface area contributed by atoms with E-state index in [1.54, 1.807) is 16.7 Å². The number of methoxy groups -OCH3 is 1. The molecule has 0 aliphatic carbocycles. The monoisotopic (exact) mass is 301 g/mol. The summed E-state index contributed by atoms with van der Waals surface area (Å²) in [5, 5.41) is 0. The molecule has 1 atom stereocenters. The van der Waals surface area contributed by atoms with Gasteiger partial charge in [0, 0.05) is 12.2 Å². The number of rotatable bonds is 9. The fraction of sp³-hybridized carbons (Fsp3) is 0.867. The Labute approximate surface area is 126 Å². The quantitative estimate of drug-likeness (QED) is 0.484. The molecule has 1 aliphatic rings. The minimum atomic E-state index is -0.373. The molecule has 0 aromatic rings. The first-order valence-corrected chi connectivity index (χ1v) is 8.81. The van der Waals surface area contributed by atoms with Crippen LogP contribution in [0.1, 0.15) is 58.3 Å². The average molecular weight is 301 g/mol. The zero-order valence-electron chi connectivity index (χ0n) is 12.7. The Morgan fingerprint density at radius 3 is 2.45 bits per heavy atom. The molecule has 0 spiro atoms. The molecule has 0 radical (unpaired) electrons. The van der Waals surface area contributed by atoms with Crippen LogP contribution in [0.4, 0.5) is 0 Å². The van der Waals surface area contributed by atoms with Crippen LogP contribution in [-0.2, 0) is 14.3 Å². The highest BCUT2D eigenvalue weighted by molar-refractivity contribution is 7.99. The number of nitrogens with zero attached hydrogens (tertiary/aromatic N) is 1. The maximum Gasteiger partial charge on any atom is 0.329 e. The van der Waals surface area contributed by atoms with E-state index in [1.807, 2.05) is 0 Å². The van der Waals surface area contributed by atoms with Gasteiger partial charge in [-0.15, -0.1) is 11.8 Å². The van der Waals surface area contributed by atoms with Gasteiger partial charge in [0.15, 0.2) is 0 Å². The molecule has 1 aliphatic heterocycles. The van der Waals surface area contributed by atoms with Crippen LogP contribution in [0.3, 0.4) is 0 Å². The van der Waals surface area contributed by atoms with Crippen LogP contribution in [-0.4, -0.2) is 41.6 Å². The predicted octanol–water partition coefficient (Wildman–Crippen LogP) is 3.20. The number of hydrogen-bond acceptors (Lipinski definition) is 4. The molecule has 0 saturated carbocycles. The Bertz CT molecular complexity index is 309. The Morgan fingerprint density at radius 1 is 1.15 bits per heavy atom. The van der Waals surface area contributed by atoms with E-state index in [-0.39, 0.29) is 17.9 Å². The zero-order chi connectivity index (χ0) is 14.8. The van der Waals surface area contributed by atoms with Crippen molar-refractivity contribution in [2.24, 2.45) is 0 Å². The van der Waals surface area contributed by atoms with Crippen molar-refractivity contribution in [3.63, 3.8) is 0 Å². The molecule has 5 heteroatoms. The van der Waals surface area contributed by atoms with Crippen LogP contribution in [0.2, 0.25) is 0 Å². The lowest BCUT2D eigenvalue weighted by molar-refractivity contribution is -0.150. The molecule has 0 N–H and O–H groups in total.